The zero-order chi connectivity index (χ0) is 10.1. The first-order valence-corrected chi connectivity index (χ1v) is 4.57. The van der Waals surface area contributed by atoms with Crippen molar-refractivity contribution < 1.29 is 4.74 Å². The maximum atomic E-state index is 6.01. The molecule has 0 aliphatic carbocycles. The largest absolute Gasteiger partial charge is 0.378 e. The molecule has 0 saturated heterocycles. The van der Waals surface area contributed by atoms with Gasteiger partial charge in [-0.15, -0.1) is 0 Å². The van der Waals surface area contributed by atoms with Gasteiger partial charge in [-0.05, 0) is 20.8 Å². The van der Waals surface area contributed by atoms with Crippen LogP contribution in [0.5, 0.6) is 0 Å². The van der Waals surface area contributed by atoms with E-state index in [1.807, 2.05) is 6.07 Å². The van der Waals surface area contributed by atoms with Crippen LogP contribution in [-0.4, -0.2) is 16.9 Å². The lowest BCUT2D eigenvalue weighted by molar-refractivity contribution is 0.179. The highest BCUT2D eigenvalue weighted by molar-refractivity contribution is 6.29. The third-order valence-electron chi connectivity index (χ3n) is 1.64. The van der Waals surface area contributed by atoms with Gasteiger partial charge in [0.05, 0.1) is 17.8 Å². The van der Waals surface area contributed by atoms with Crippen LogP contribution < -0.4 is 0 Å². The monoisotopic (exact) mass is 202 g/mol. The lowest BCUT2D eigenvalue weighted by atomic mass is 10.1. The van der Waals surface area contributed by atoms with Crippen molar-refractivity contribution in [2.75, 3.05) is 7.11 Å². The Labute approximate surface area is 83.6 Å². The van der Waals surface area contributed by atoms with Crippen LogP contribution in [0.1, 0.15) is 26.5 Å². The van der Waals surface area contributed by atoms with Crippen LogP contribution in [0.2, 0.25) is 5.15 Å². The first-order chi connectivity index (χ1) is 5.95. The molecule has 0 spiro atoms. The van der Waals surface area contributed by atoms with E-state index in [2.05, 4.69) is 25.9 Å². The van der Waals surface area contributed by atoms with Gasteiger partial charge in [-0.3, -0.25) is 0 Å². The lowest BCUT2D eigenvalue weighted by Crippen LogP contribution is -2.23. The quantitative estimate of drug-likeness (QED) is 0.737. The second-order valence-corrected chi connectivity index (χ2v) is 4.36. The molecular formula is C9H15ClN2O. The highest BCUT2D eigenvalue weighted by Crippen LogP contribution is 2.21. The van der Waals surface area contributed by atoms with Crippen molar-refractivity contribution in [1.29, 1.82) is 0 Å². The topological polar surface area (TPSA) is 27.1 Å². The Balaban J connectivity index is 2.96. The van der Waals surface area contributed by atoms with Crippen LogP contribution in [0.3, 0.4) is 0 Å². The Bertz CT molecular complexity index is 288. The van der Waals surface area contributed by atoms with Gasteiger partial charge < -0.3 is 4.74 Å². The molecule has 1 rings (SSSR count). The van der Waals surface area contributed by atoms with Crippen molar-refractivity contribution in [2.45, 2.75) is 32.9 Å². The minimum Gasteiger partial charge on any atom is -0.378 e. The fraction of sp³-hybridized carbons (Fsp3) is 0.667. The van der Waals surface area contributed by atoms with Crippen molar-refractivity contribution in [3.63, 3.8) is 0 Å². The molecule has 0 saturated carbocycles. The van der Waals surface area contributed by atoms with Crippen molar-refractivity contribution in [3.05, 3.63) is 16.9 Å². The molecule has 0 N–H and O–H groups in total. The van der Waals surface area contributed by atoms with Crippen molar-refractivity contribution in [1.82, 2.24) is 9.78 Å². The molecule has 13 heavy (non-hydrogen) atoms. The van der Waals surface area contributed by atoms with Gasteiger partial charge in [-0.1, -0.05) is 11.6 Å². The standard InChI is InChI=1S/C9H15ClN2O/c1-9(2,3)12-8(10)5-7(11-12)6-13-4/h5H,6H2,1-4H3. The smallest absolute Gasteiger partial charge is 0.128 e. The van der Waals surface area contributed by atoms with E-state index in [0.717, 1.165) is 5.69 Å². The van der Waals surface area contributed by atoms with Crippen LogP contribution in [-0.2, 0) is 16.9 Å². The van der Waals surface area contributed by atoms with Crippen molar-refractivity contribution in [3.8, 4) is 0 Å². The normalized spacial score (nSPS) is 12.1. The van der Waals surface area contributed by atoms with E-state index in [9.17, 15) is 0 Å². The van der Waals surface area contributed by atoms with Gasteiger partial charge in [0.15, 0.2) is 0 Å². The second-order valence-electron chi connectivity index (χ2n) is 3.97. The summed E-state index contributed by atoms with van der Waals surface area (Å²) in [6.07, 6.45) is 0. The van der Waals surface area contributed by atoms with E-state index >= 15 is 0 Å². The second kappa shape index (κ2) is 3.68. The molecule has 0 fully saturated rings. The van der Waals surface area contributed by atoms with Gasteiger partial charge in [0.25, 0.3) is 0 Å². The Morgan fingerprint density at radius 2 is 2.15 bits per heavy atom. The Kier molecular flexibility index (Phi) is 2.98. The number of methoxy groups -OCH3 is 1. The van der Waals surface area contributed by atoms with E-state index in [4.69, 9.17) is 16.3 Å². The summed E-state index contributed by atoms with van der Waals surface area (Å²) in [5.41, 5.74) is 0.783. The van der Waals surface area contributed by atoms with Crippen molar-refractivity contribution in [2.24, 2.45) is 0 Å². The number of hydrogen-bond acceptors (Lipinski definition) is 2. The molecule has 0 bridgehead atoms. The molecule has 0 aromatic carbocycles. The fourth-order valence-corrected chi connectivity index (χ4v) is 1.51. The molecule has 0 radical (unpaired) electrons. The molecule has 1 aromatic rings. The van der Waals surface area contributed by atoms with E-state index < -0.39 is 0 Å². The summed E-state index contributed by atoms with van der Waals surface area (Å²) < 4.78 is 6.77. The zero-order valence-corrected chi connectivity index (χ0v) is 9.22. The molecule has 0 aliphatic heterocycles. The summed E-state index contributed by atoms with van der Waals surface area (Å²) in [7, 11) is 1.64. The highest BCUT2D eigenvalue weighted by Gasteiger charge is 2.18. The van der Waals surface area contributed by atoms with Crippen LogP contribution in [0.25, 0.3) is 0 Å². The van der Waals surface area contributed by atoms with E-state index in [0.29, 0.717) is 11.8 Å². The van der Waals surface area contributed by atoms with Gasteiger partial charge in [0.2, 0.25) is 0 Å². The first kappa shape index (κ1) is 10.5. The highest BCUT2D eigenvalue weighted by atomic mass is 35.5. The summed E-state index contributed by atoms with van der Waals surface area (Å²) in [6, 6.07) is 1.83. The Hall–Kier alpha value is -0.540. The lowest BCUT2D eigenvalue weighted by Gasteiger charge is -2.20. The van der Waals surface area contributed by atoms with Gasteiger partial charge >= 0.3 is 0 Å². The van der Waals surface area contributed by atoms with Gasteiger partial charge in [-0.2, -0.15) is 5.10 Å². The molecule has 0 amide bonds. The zero-order valence-electron chi connectivity index (χ0n) is 8.47. The third kappa shape index (κ3) is 2.45. The number of ether oxygens (including phenoxy) is 1. The fourth-order valence-electron chi connectivity index (χ4n) is 1.09. The number of aromatic nitrogens is 2. The molecule has 0 atom stereocenters. The number of hydrogen-bond donors (Lipinski definition) is 0. The SMILES string of the molecule is COCc1cc(Cl)n(C(C)(C)C)n1. The number of halogens is 1. The van der Waals surface area contributed by atoms with Gasteiger partial charge in [0.1, 0.15) is 5.15 Å². The average Bonchev–Trinajstić information content (AvgIpc) is 2.30. The number of rotatable bonds is 2. The minimum atomic E-state index is -0.0803. The molecule has 4 heteroatoms. The first-order valence-electron chi connectivity index (χ1n) is 4.19. The van der Waals surface area contributed by atoms with E-state index in [1.54, 1.807) is 11.8 Å². The van der Waals surface area contributed by atoms with Crippen LogP contribution in [0.4, 0.5) is 0 Å². The molecule has 3 nitrogen and oxygen atoms in total. The molecule has 1 heterocycles. The predicted octanol–water partition coefficient (Wildman–Crippen LogP) is 2.44. The predicted molar refractivity (Wildman–Crippen MR) is 52.9 cm³/mol. The summed E-state index contributed by atoms with van der Waals surface area (Å²) in [4.78, 5) is 0. The van der Waals surface area contributed by atoms with Gasteiger partial charge in [-0.25, -0.2) is 4.68 Å². The van der Waals surface area contributed by atoms with Crippen LogP contribution in [0, 0.1) is 0 Å². The Morgan fingerprint density at radius 3 is 2.54 bits per heavy atom. The molecule has 0 unspecified atom stereocenters. The summed E-state index contributed by atoms with van der Waals surface area (Å²) >= 11 is 6.01. The third-order valence-corrected chi connectivity index (χ3v) is 1.91. The van der Waals surface area contributed by atoms with E-state index in [-0.39, 0.29) is 5.54 Å². The van der Waals surface area contributed by atoms with Crippen LogP contribution in [0.15, 0.2) is 6.07 Å². The molecule has 1 aromatic heterocycles. The van der Waals surface area contributed by atoms with Crippen LogP contribution >= 0.6 is 11.6 Å². The Morgan fingerprint density at radius 1 is 1.54 bits per heavy atom. The molecule has 74 valence electrons. The summed E-state index contributed by atoms with van der Waals surface area (Å²) in [6.45, 7) is 6.68. The summed E-state index contributed by atoms with van der Waals surface area (Å²) in [5, 5.41) is 4.98. The summed E-state index contributed by atoms with van der Waals surface area (Å²) in [5.74, 6) is 0. The maximum absolute atomic E-state index is 6.01. The van der Waals surface area contributed by atoms with E-state index in [1.165, 1.54) is 0 Å². The molecular weight excluding hydrogens is 188 g/mol. The minimum absolute atomic E-state index is 0.0803. The molecule has 0 aliphatic rings. The average molecular weight is 203 g/mol. The van der Waals surface area contributed by atoms with Crippen molar-refractivity contribution >= 4 is 11.6 Å². The van der Waals surface area contributed by atoms with Gasteiger partial charge in [0, 0.05) is 13.2 Å². The maximum Gasteiger partial charge on any atom is 0.128 e. The number of nitrogens with zero attached hydrogens (tertiary/aromatic N) is 2.